The summed E-state index contributed by atoms with van der Waals surface area (Å²) in [5.41, 5.74) is 1.44. The summed E-state index contributed by atoms with van der Waals surface area (Å²) in [6, 6.07) is 16.0. The number of halogens is 1. The van der Waals surface area contributed by atoms with E-state index in [9.17, 15) is 14.4 Å². The van der Waals surface area contributed by atoms with Crippen molar-refractivity contribution in [3.8, 4) is 0 Å². The van der Waals surface area contributed by atoms with E-state index in [1.165, 1.54) is 12.0 Å². The molecule has 1 atom stereocenters. The van der Waals surface area contributed by atoms with Crippen LogP contribution in [0.15, 0.2) is 54.6 Å². The van der Waals surface area contributed by atoms with Gasteiger partial charge in [-0.2, -0.15) is 0 Å². The van der Waals surface area contributed by atoms with Crippen LogP contribution in [0.2, 0.25) is 5.02 Å². The van der Waals surface area contributed by atoms with Gasteiger partial charge in [0.25, 0.3) is 5.91 Å². The summed E-state index contributed by atoms with van der Waals surface area (Å²) in [6.07, 6.45) is -0.795. The summed E-state index contributed by atoms with van der Waals surface area (Å²) in [6.45, 7) is 0.340. The van der Waals surface area contributed by atoms with Gasteiger partial charge >= 0.3 is 5.97 Å². The van der Waals surface area contributed by atoms with E-state index in [0.717, 1.165) is 5.56 Å². The largest absolute Gasteiger partial charge is 0.467 e. The molecule has 0 aromatic heterocycles. The van der Waals surface area contributed by atoms with Gasteiger partial charge < -0.3 is 19.7 Å². The van der Waals surface area contributed by atoms with Crippen molar-refractivity contribution in [1.29, 1.82) is 0 Å². The van der Waals surface area contributed by atoms with Gasteiger partial charge in [-0.05, 0) is 29.8 Å². The molecule has 0 aliphatic heterocycles. The fourth-order valence-electron chi connectivity index (χ4n) is 2.65. The Hall–Kier alpha value is -2.90. The fourth-order valence-corrected chi connectivity index (χ4v) is 2.77. The molecule has 0 aliphatic rings. The smallest absolute Gasteiger partial charge is 0.335 e. The van der Waals surface area contributed by atoms with E-state index in [-0.39, 0.29) is 31.4 Å². The molecule has 2 aromatic rings. The van der Waals surface area contributed by atoms with Crippen LogP contribution in [0.4, 0.5) is 0 Å². The molecule has 8 heteroatoms. The molecule has 0 saturated carbocycles. The minimum atomic E-state index is -0.963. The van der Waals surface area contributed by atoms with Gasteiger partial charge in [-0.15, -0.1) is 0 Å². The molecule has 0 aliphatic carbocycles. The highest BCUT2D eigenvalue weighted by Gasteiger charge is 2.22. The van der Waals surface area contributed by atoms with Crippen molar-refractivity contribution >= 4 is 29.4 Å². The fraction of sp³-hybridized carbons (Fsp3) is 0.318. The predicted molar refractivity (Wildman–Crippen MR) is 113 cm³/mol. The third kappa shape index (κ3) is 7.50. The predicted octanol–water partition coefficient (Wildman–Crippen LogP) is 2.68. The molecule has 1 N–H and O–H groups in total. The molecule has 2 amide bonds. The Balaban J connectivity index is 1.81. The lowest BCUT2D eigenvalue weighted by molar-refractivity contribution is -0.157. The van der Waals surface area contributed by atoms with Crippen molar-refractivity contribution in [1.82, 2.24) is 10.2 Å². The number of carbonyl (C=O) groups is 3. The Morgan fingerprint density at radius 3 is 2.37 bits per heavy atom. The quantitative estimate of drug-likeness (QED) is 0.583. The number of hydrogen-bond donors (Lipinski definition) is 1. The minimum Gasteiger partial charge on any atom is -0.467 e. The summed E-state index contributed by atoms with van der Waals surface area (Å²) in [4.78, 5) is 37.9. The maximum absolute atomic E-state index is 12.3. The molecular weight excluding hydrogens is 408 g/mol. The summed E-state index contributed by atoms with van der Waals surface area (Å²) in [7, 11) is 2.91. The molecule has 2 rings (SSSR count). The van der Waals surface area contributed by atoms with Crippen LogP contribution in [0.25, 0.3) is 0 Å². The molecule has 0 radical (unpaired) electrons. The molecular formula is C22H25ClN2O5. The first-order chi connectivity index (χ1) is 14.4. The molecule has 30 heavy (non-hydrogen) atoms. The van der Waals surface area contributed by atoms with Crippen LogP contribution in [0.1, 0.15) is 22.3 Å². The van der Waals surface area contributed by atoms with Crippen LogP contribution in [0, 0.1) is 0 Å². The maximum Gasteiger partial charge on any atom is 0.335 e. The molecule has 160 valence electrons. The summed E-state index contributed by atoms with van der Waals surface area (Å²) >= 11 is 5.81. The molecule has 0 bridgehead atoms. The van der Waals surface area contributed by atoms with Gasteiger partial charge in [-0.25, -0.2) is 4.79 Å². The summed E-state index contributed by atoms with van der Waals surface area (Å²) in [5, 5.41) is 3.24. The minimum absolute atomic E-state index is 0.168. The van der Waals surface area contributed by atoms with Crippen LogP contribution in [0.3, 0.4) is 0 Å². The molecule has 0 fully saturated rings. The van der Waals surface area contributed by atoms with Gasteiger partial charge in [-0.3, -0.25) is 9.59 Å². The highest BCUT2D eigenvalue weighted by Crippen LogP contribution is 2.10. The van der Waals surface area contributed by atoms with E-state index < -0.39 is 12.1 Å². The summed E-state index contributed by atoms with van der Waals surface area (Å²) in [5.74, 6) is -1.17. The van der Waals surface area contributed by atoms with Crippen molar-refractivity contribution in [3.63, 3.8) is 0 Å². The monoisotopic (exact) mass is 432 g/mol. The zero-order valence-corrected chi connectivity index (χ0v) is 17.7. The van der Waals surface area contributed by atoms with Crippen molar-refractivity contribution < 1.29 is 23.9 Å². The standard InChI is InChI=1S/C22H25ClN2O5/c1-25(14-16-6-4-3-5-7-16)20(26)15-30-19(22(28)29-2)12-13-24-21(27)17-8-10-18(23)11-9-17/h3-11,19H,12-15H2,1-2H3,(H,24,27). The van der Waals surface area contributed by atoms with Crippen LogP contribution >= 0.6 is 11.6 Å². The van der Waals surface area contributed by atoms with Crippen molar-refractivity contribution in [2.24, 2.45) is 0 Å². The van der Waals surface area contributed by atoms with Crippen molar-refractivity contribution in [3.05, 3.63) is 70.7 Å². The van der Waals surface area contributed by atoms with Gasteiger partial charge in [0.1, 0.15) is 6.61 Å². The number of ether oxygens (including phenoxy) is 2. The highest BCUT2D eigenvalue weighted by atomic mass is 35.5. The molecule has 0 heterocycles. The SMILES string of the molecule is COC(=O)C(CCNC(=O)c1ccc(Cl)cc1)OCC(=O)N(C)Cc1ccccc1. The first-order valence-corrected chi connectivity index (χ1v) is 9.79. The number of hydrogen-bond acceptors (Lipinski definition) is 5. The summed E-state index contributed by atoms with van der Waals surface area (Å²) < 4.78 is 10.2. The number of nitrogens with one attached hydrogen (secondary N) is 1. The van der Waals surface area contributed by atoms with E-state index in [2.05, 4.69) is 5.32 Å². The lowest BCUT2D eigenvalue weighted by Gasteiger charge is -2.20. The van der Waals surface area contributed by atoms with E-state index in [0.29, 0.717) is 17.1 Å². The van der Waals surface area contributed by atoms with E-state index in [1.807, 2.05) is 30.3 Å². The van der Waals surface area contributed by atoms with Crippen LogP contribution in [0.5, 0.6) is 0 Å². The van der Waals surface area contributed by atoms with Crippen molar-refractivity contribution in [2.75, 3.05) is 27.3 Å². The van der Waals surface area contributed by atoms with Gasteiger partial charge in [0.15, 0.2) is 6.10 Å². The van der Waals surface area contributed by atoms with Gasteiger partial charge in [0, 0.05) is 37.1 Å². The van der Waals surface area contributed by atoms with E-state index in [4.69, 9.17) is 21.1 Å². The third-order valence-corrected chi connectivity index (χ3v) is 4.61. The van der Waals surface area contributed by atoms with E-state index >= 15 is 0 Å². The second kappa shape index (κ2) is 11.9. The number of nitrogens with zero attached hydrogens (tertiary/aromatic N) is 1. The number of benzene rings is 2. The number of amides is 2. The second-order valence-corrected chi connectivity index (χ2v) is 7.05. The molecule has 7 nitrogen and oxygen atoms in total. The maximum atomic E-state index is 12.3. The average Bonchev–Trinajstić information content (AvgIpc) is 2.76. The number of carbonyl (C=O) groups excluding carboxylic acids is 3. The Morgan fingerprint density at radius 1 is 1.07 bits per heavy atom. The Bertz CT molecular complexity index is 842. The van der Waals surface area contributed by atoms with Gasteiger partial charge in [0.05, 0.1) is 7.11 Å². The number of esters is 1. The molecule has 0 saturated heterocycles. The molecule has 2 aromatic carbocycles. The lowest BCUT2D eigenvalue weighted by Crippen LogP contribution is -2.36. The first-order valence-electron chi connectivity index (χ1n) is 9.41. The topological polar surface area (TPSA) is 84.9 Å². The Kier molecular flexibility index (Phi) is 9.31. The van der Waals surface area contributed by atoms with Crippen LogP contribution in [-0.2, 0) is 25.6 Å². The second-order valence-electron chi connectivity index (χ2n) is 6.61. The van der Waals surface area contributed by atoms with Crippen molar-refractivity contribution in [2.45, 2.75) is 19.1 Å². The Morgan fingerprint density at radius 2 is 1.73 bits per heavy atom. The zero-order chi connectivity index (χ0) is 21.9. The third-order valence-electron chi connectivity index (χ3n) is 4.36. The number of rotatable bonds is 10. The molecule has 1 unspecified atom stereocenters. The molecule has 0 spiro atoms. The van der Waals surface area contributed by atoms with Crippen LogP contribution in [-0.4, -0.2) is 56.1 Å². The number of methoxy groups -OCH3 is 1. The normalized spacial score (nSPS) is 11.4. The first kappa shape index (κ1) is 23.4. The Labute approximate surface area is 180 Å². The zero-order valence-electron chi connectivity index (χ0n) is 17.0. The average molecular weight is 433 g/mol. The van der Waals surface area contributed by atoms with Crippen LogP contribution < -0.4 is 5.32 Å². The number of likely N-dealkylation sites (N-methyl/N-ethyl adjacent to an activating group) is 1. The van der Waals surface area contributed by atoms with Gasteiger partial charge in [0.2, 0.25) is 5.91 Å². The van der Waals surface area contributed by atoms with E-state index in [1.54, 1.807) is 31.3 Å². The lowest BCUT2D eigenvalue weighted by atomic mass is 10.2. The van der Waals surface area contributed by atoms with Gasteiger partial charge in [-0.1, -0.05) is 41.9 Å². The highest BCUT2D eigenvalue weighted by molar-refractivity contribution is 6.30.